The van der Waals surface area contributed by atoms with E-state index in [1.165, 1.54) is 6.07 Å². The van der Waals surface area contributed by atoms with Gasteiger partial charge in [0.05, 0.1) is 5.56 Å². The van der Waals surface area contributed by atoms with Crippen LogP contribution in [-0.4, -0.2) is 17.9 Å². The molecule has 0 aliphatic heterocycles. The van der Waals surface area contributed by atoms with Crippen LogP contribution in [-0.2, 0) is 17.4 Å². The van der Waals surface area contributed by atoms with Crippen molar-refractivity contribution in [2.45, 2.75) is 18.6 Å². The van der Waals surface area contributed by atoms with E-state index in [9.17, 15) is 22.8 Å². The van der Waals surface area contributed by atoms with Crippen molar-refractivity contribution in [3.8, 4) is 0 Å². The van der Waals surface area contributed by atoms with E-state index in [1.807, 2.05) is 0 Å². The minimum absolute atomic E-state index is 0.0987. The molecule has 0 unspecified atom stereocenters. The Bertz CT molecular complexity index is 821. The topological polar surface area (TPSA) is 72.2 Å². The molecule has 0 radical (unpaired) electrons. The van der Waals surface area contributed by atoms with Crippen LogP contribution in [0, 0.1) is 0 Å². The largest absolute Gasteiger partial charge is 0.416 e. The van der Waals surface area contributed by atoms with Gasteiger partial charge in [-0.15, -0.1) is 0 Å². The molecule has 4 nitrogen and oxygen atoms in total. The van der Waals surface area contributed by atoms with Crippen LogP contribution in [0.4, 0.5) is 13.2 Å². The predicted molar refractivity (Wildman–Crippen MR) is 92.1 cm³/mol. The highest BCUT2D eigenvalue weighted by Crippen LogP contribution is 2.29. The summed E-state index contributed by atoms with van der Waals surface area (Å²) in [5.74, 6) is -1.75. The fraction of sp³-hybridized carbons (Fsp3) is 0.176. The highest BCUT2D eigenvalue weighted by Gasteiger charge is 2.31. The Morgan fingerprint density at radius 1 is 1.08 bits per heavy atom. The van der Waals surface area contributed by atoms with Crippen molar-refractivity contribution in [2.24, 2.45) is 5.73 Å². The monoisotopic (exact) mass is 404 g/mol. The third-order valence-electron chi connectivity index (χ3n) is 3.57. The standard InChI is InChI=1S/C17H13Cl2F3N2O2/c18-12-5-2-6-13(19)11(12)8-14(15(23)25)24-16(26)9-3-1-4-10(7-9)17(20,21)22/h1-7,14H,8H2,(H2,23,25)(H,24,26)/t14-/m0/s1. The highest BCUT2D eigenvalue weighted by molar-refractivity contribution is 6.36. The van der Waals surface area contributed by atoms with Crippen molar-refractivity contribution in [1.29, 1.82) is 0 Å². The molecule has 0 saturated heterocycles. The summed E-state index contributed by atoms with van der Waals surface area (Å²) in [6.45, 7) is 0. The van der Waals surface area contributed by atoms with Crippen molar-refractivity contribution >= 4 is 35.0 Å². The Kier molecular flexibility index (Phi) is 6.15. The van der Waals surface area contributed by atoms with E-state index in [0.717, 1.165) is 12.1 Å². The van der Waals surface area contributed by atoms with Gasteiger partial charge in [0.2, 0.25) is 5.91 Å². The van der Waals surface area contributed by atoms with Gasteiger partial charge in [0.15, 0.2) is 0 Å². The molecular formula is C17H13Cl2F3N2O2. The van der Waals surface area contributed by atoms with E-state index >= 15 is 0 Å². The lowest BCUT2D eigenvalue weighted by Gasteiger charge is -2.17. The molecular weight excluding hydrogens is 392 g/mol. The van der Waals surface area contributed by atoms with Gasteiger partial charge in [-0.05, 0) is 35.9 Å². The average molecular weight is 405 g/mol. The van der Waals surface area contributed by atoms with Gasteiger partial charge in [-0.3, -0.25) is 9.59 Å². The van der Waals surface area contributed by atoms with Crippen molar-refractivity contribution in [3.63, 3.8) is 0 Å². The Hall–Kier alpha value is -2.25. The first-order chi connectivity index (χ1) is 12.1. The molecule has 0 aliphatic carbocycles. The zero-order valence-electron chi connectivity index (χ0n) is 13.1. The third kappa shape index (κ3) is 4.89. The molecule has 0 fully saturated rings. The summed E-state index contributed by atoms with van der Waals surface area (Å²) in [5.41, 5.74) is 4.45. The van der Waals surface area contributed by atoms with Crippen LogP contribution >= 0.6 is 23.2 Å². The minimum Gasteiger partial charge on any atom is -0.368 e. The van der Waals surface area contributed by atoms with Gasteiger partial charge in [-0.25, -0.2) is 0 Å². The number of benzene rings is 2. The van der Waals surface area contributed by atoms with Crippen molar-refractivity contribution < 1.29 is 22.8 Å². The summed E-state index contributed by atoms with van der Waals surface area (Å²) in [4.78, 5) is 23.9. The summed E-state index contributed by atoms with van der Waals surface area (Å²) in [6, 6.07) is 7.34. The third-order valence-corrected chi connectivity index (χ3v) is 4.28. The molecule has 2 aromatic carbocycles. The zero-order valence-corrected chi connectivity index (χ0v) is 14.6. The van der Waals surface area contributed by atoms with Gasteiger partial charge in [-0.2, -0.15) is 13.2 Å². The predicted octanol–water partition coefficient (Wildman–Crippen LogP) is 3.84. The first-order valence-corrected chi connectivity index (χ1v) is 8.05. The summed E-state index contributed by atoms with van der Waals surface area (Å²) >= 11 is 12.1. The number of nitrogens with one attached hydrogen (secondary N) is 1. The van der Waals surface area contributed by atoms with E-state index < -0.39 is 29.6 Å². The number of carbonyl (C=O) groups is 2. The summed E-state index contributed by atoms with van der Waals surface area (Å²) in [7, 11) is 0. The number of hydrogen-bond donors (Lipinski definition) is 2. The summed E-state index contributed by atoms with van der Waals surface area (Å²) in [6.07, 6.45) is -4.69. The number of hydrogen-bond acceptors (Lipinski definition) is 2. The van der Waals surface area contributed by atoms with Gasteiger partial charge in [-0.1, -0.05) is 35.3 Å². The Morgan fingerprint density at radius 3 is 2.19 bits per heavy atom. The fourth-order valence-electron chi connectivity index (χ4n) is 2.23. The molecule has 138 valence electrons. The molecule has 2 rings (SSSR count). The number of rotatable bonds is 5. The van der Waals surface area contributed by atoms with Crippen molar-refractivity contribution in [2.75, 3.05) is 0 Å². The molecule has 0 saturated carbocycles. The van der Waals surface area contributed by atoms with Crippen LogP contribution in [0.5, 0.6) is 0 Å². The van der Waals surface area contributed by atoms with Gasteiger partial charge < -0.3 is 11.1 Å². The van der Waals surface area contributed by atoms with Crippen LogP contribution in [0.25, 0.3) is 0 Å². The minimum atomic E-state index is -4.59. The van der Waals surface area contributed by atoms with E-state index in [2.05, 4.69) is 5.32 Å². The first-order valence-electron chi connectivity index (χ1n) is 7.30. The second-order valence-electron chi connectivity index (χ2n) is 5.41. The molecule has 2 amide bonds. The van der Waals surface area contributed by atoms with Crippen LogP contribution in [0.1, 0.15) is 21.5 Å². The van der Waals surface area contributed by atoms with E-state index in [1.54, 1.807) is 18.2 Å². The Morgan fingerprint density at radius 2 is 1.65 bits per heavy atom. The van der Waals surface area contributed by atoms with E-state index in [-0.39, 0.29) is 22.0 Å². The number of primary amides is 1. The van der Waals surface area contributed by atoms with Crippen LogP contribution in [0.15, 0.2) is 42.5 Å². The van der Waals surface area contributed by atoms with Crippen LogP contribution in [0.3, 0.4) is 0 Å². The van der Waals surface area contributed by atoms with Gasteiger partial charge >= 0.3 is 6.18 Å². The fourth-order valence-corrected chi connectivity index (χ4v) is 2.78. The highest BCUT2D eigenvalue weighted by atomic mass is 35.5. The van der Waals surface area contributed by atoms with Crippen molar-refractivity contribution in [1.82, 2.24) is 5.32 Å². The van der Waals surface area contributed by atoms with Crippen LogP contribution in [0.2, 0.25) is 10.0 Å². The number of amides is 2. The molecule has 0 heterocycles. The molecule has 0 aliphatic rings. The maximum atomic E-state index is 12.8. The normalized spacial score (nSPS) is 12.5. The number of carbonyl (C=O) groups excluding carboxylic acids is 2. The molecule has 1 atom stereocenters. The first kappa shape index (κ1) is 20.1. The molecule has 0 bridgehead atoms. The molecule has 3 N–H and O–H groups in total. The second-order valence-corrected chi connectivity index (χ2v) is 6.23. The molecule has 9 heteroatoms. The average Bonchev–Trinajstić information content (AvgIpc) is 2.56. The number of alkyl halides is 3. The van der Waals surface area contributed by atoms with Crippen molar-refractivity contribution in [3.05, 3.63) is 69.2 Å². The smallest absolute Gasteiger partial charge is 0.368 e. The summed E-state index contributed by atoms with van der Waals surface area (Å²) < 4.78 is 38.3. The maximum Gasteiger partial charge on any atom is 0.416 e. The molecule has 0 aromatic heterocycles. The second kappa shape index (κ2) is 7.97. The molecule has 26 heavy (non-hydrogen) atoms. The van der Waals surface area contributed by atoms with E-state index in [4.69, 9.17) is 28.9 Å². The lowest BCUT2D eigenvalue weighted by Crippen LogP contribution is -2.46. The number of nitrogens with two attached hydrogens (primary N) is 1. The van der Waals surface area contributed by atoms with Gasteiger partial charge in [0.1, 0.15) is 6.04 Å². The van der Waals surface area contributed by atoms with Gasteiger partial charge in [0.25, 0.3) is 5.91 Å². The van der Waals surface area contributed by atoms with E-state index in [0.29, 0.717) is 11.6 Å². The number of halogens is 5. The molecule has 2 aromatic rings. The molecule has 0 spiro atoms. The SMILES string of the molecule is NC(=O)[C@H](Cc1c(Cl)cccc1Cl)NC(=O)c1cccc(C(F)(F)F)c1. The zero-order chi connectivity index (χ0) is 19.5. The Balaban J connectivity index is 2.23. The summed E-state index contributed by atoms with van der Waals surface area (Å²) in [5, 5.41) is 2.87. The van der Waals surface area contributed by atoms with Crippen LogP contribution < -0.4 is 11.1 Å². The van der Waals surface area contributed by atoms with Gasteiger partial charge in [0, 0.05) is 22.0 Å². The lowest BCUT2D eigenvalue weighted by molar-refractivity contribution is -0.137. The lowest BCUT2D eigenvalue weighted by atomic mass is 10.0. The maximum absolute atomic E-state index is 12.8. The quantitative estimate of drug-likeness (QED) is 0.794. The Labute approximate surface area is 157 Å².